The number of aliphatic hydroxyl groups is 1. The van der Waals surface area contributed by atoms with E-state index in [2.05, 4.69) is 0 Å². The van der Waals surface area contributed by atoms with Crippen LogP contribution in [-0.4, -0.2) is 63.7 Å². The minimum atomic E-state index is -3.59. The number of hydrogen-bond donors (Lipinski definition) is 1. The summed E-state index contributed by atoms with van der Waals surface area (Å²) in [6, 6.07) is 0. The number of hydrogen-bond acceptors (Lipinski definition) is 5. The first-order valence-electron chi connectivity index (χ1n) is 4.34. The van der Waals surface area contributed by atoms with Crippen molar-refractivity contribution < 1.29 is 21.9 Å². The average Bonchev–Trinajstić information content (AvgIpc) is 1.98. The van der Waals surface area contributed by atoms with E-state index in [0.717, 1.165) is 10.6 Å². The number of sulfone groups is 1. The summed E-state index contributed by atoms with van der Waals surface area (Å²) >= 11 is 0. The van der Waals surface area contributed by atoms with Crippen molar-refractivity contribution in [1.29, 1.82) is 0 Å². The van der Waals surface area contributed by atoms with E-state index in [-0.39, 0.29) is 6.54 Å². The third-order valence-electron chi connectivity index (χ3n) is 1.71. The number of aliphatic hydroxyl groups excluding tert-OH is 1. The molecule has 8 heteroatoms. The highest BCUT2D eigenvalue weighted by Crippen LogP contribution is 2.01. The van der Waals surface area contributed by atoms with Crippen molar-refractivity contribution in [3.63, 3.8) is 0 Å². The monoisotopic (exact) mass is 259 g/mol. The van der Waals surface area contributed by atoms with E-state index >= 15 is 0 Å². The molecule has 0 aliphatic rings. The van der Waals surface area contributed by atoms with Gasteiger partial charge in [-0.15, -0.1) is 0 Å². The van der Waals surface area contributed by atoms with Gasteiger partial charge in [0.25, 0.3) is 0 Å². The van der Waals surface area contributed by atoms with Crippen LogP contribution in [0.3, 0.4) is 0 Å². The highest BCUT2D eigenvalue weighted by Gasteiger charge is 2.20. The predicted octanol–water partition coefficient (Wildman–Crippen LogP) is -1.33. The Morgan fingerprint density at radius 2 is 1.67 bits per heavy atom. The van der Waals surface area contributed by atoms with Crippen LogP contribution in [0.1, 0.15) is 6.92 Å². The normalized spacial score (nSPS) is 15.5. The lowest BCUT2D eigenvalue weighted by molar-refractivity contribution is 0.171. The standard InChI is InChI=1S/C7H17NO5S2/c1-7(9)6-8(2)15(12,13)5-4-14(3,10)11/h7,9H,4-6H2,1-3H3. The fourth-order valence-corrected chi connectivity index (χ4v) is 3.71. The van der Waals surface area contributed by atoms with Crippen LogP contribution in [0, 0.1) is 0 Å². The molecule has 1 unspecified atom stereocenters. The maximum absolute atomic E-state index is 11.5. The van der Waals surface area contributed by atoms with Crippen LogP contribution >= 0.6 is 0 Å². The summed E-state index contributed by atoms with van der Waals surface area (Å²) in [6.45, 7) is 1.43. The Hall–Kier alpha value is -0.180. The highest BCUT2D eigenvalue weighted by atomic mass is 32.2. The van der Waals surface area contributed by atoms with Crippen LogP contribution in [0.5, 0.6) is 0 Å². The second-order valence-corrected chi connectivity index (χ2v) is 8.03. The molecule has 0 saturated heterocycles. The van der Waals surface area contributed by atoms with Crippen LogP contribution in [0.15, 0.2) is 0 Å². The van der Waals surface area contributed by atoms with Crippen molar-refractivity contribution in [3.05, 3.63) is 0 Å². The first kappa shape index (κ1) is 14.8. The number of rotatable bonds is 6. The smallest absolute Gasteiger partial charge is 0.214 e. The fraction of sp³-hybridized carbons (Fsp3) is 1.00. The summed E-state index contributed by atoms with van der Waals surface area (Å²) in [7, 11) is -5.57. The van der Waals surface area contributed by atoms with Crippen LogP contribution < -0.4 is 0 Å². The summed E-state index contributed by atoms with van der Waals surface area (Å²) in [6.07, 6.45) is 0.208. The third-order valence-corrected chi connectivity index (χ3v) is 4.73. The van der Waals surface area contributed by atoms with E-state index in [1.54, 1.807) is 0 Å². The predicted molar refractivity (Wildman–Crippen MR) is 57.8 cm³/mol. The average molecular weight is 259 g/mol. The number of likely N-dealkylation sites (N-methyl/N-ethyl adjacent to an activating group) is 1. The van der Waals surface area contributed by atoms with Crippen molar-refractivity contribution >= 4 is 19.9 Å². The molecule has 0 amide bonds. The molecule has 0 rings (SSSR count). The Kier molecular flexibility index (Phi) is 5.18. The molecular weight excluding hydrogens is 242 g/mol. The Balaban J connectivity index is 4.43. The van der Waals surface area contributed by atoms with E-state index in [4.69, 9.17) is 5.11 Å². The van der Waals surface area contributed by atoms with Gasteiger partial charge in [0.2, 0.25) is 10.0 Å². The van der Waals surface area contributed by atoms with Gasteiger partial charge in [-0.25, -0.2) is 21.1 Å². The zero-order chi connectivity index (χ0) is 12.3. The van der Waals surface area contributed by atoms with Crippen molar-refractivity contribution in [2.24, 2.45) is 0 Å². The molecule has 0 fully saturated rings. The molecule has 0 aromatic carbocycles. The molecular formula is C7H17NO5S2. The molecule has 0 aliphatic carbocycles. The van der Waals surface area contributed by atoms with Gasteiger partial charge in [-0.05, 0) is 6.92 Å². The molecule has 1 N–H and O–H groups in total. The van der Waals surface area contributed by atoms with E-state index in [0.29, 0.717) is 0 Å². The van der Waals surface area contributed by atoms with Gasteiger partial charge in [-0.1, -0.05) is 0 Å². The van der Waals surface area contributed by atoms with Crippen molar-refractivity contribution in [1.82, 2.24) is 4.31 Å². The molecule has 1 atom stereocenters. The summed E-state index contributed by atoms with van der Waals surface area (Å²) in [5, 5.41) is 8.99. The van der Waals surface area contributed by atoms with Crippen LogP contribution in [0.25, 0.3) is 0 Å². The first-order chi connectivity index (χ1) is 6.54. The molecule has 0 aromatic heterocycles. The second-order valence-electron chi connectivity index (χ2n) is 3.58. The van der Waals surface area contributed by atoms with Crippen LogP contribution in [0.4, 0.5) is 0 Å². The molecule has 0 bridgehead atoms. The largest absolute Gasteiger partial charge is 0.392 e. The topological polar surface area (TPSA) is 91.8 Å². The summed E-state index contributed by atoms with van der Waals surface area (Å²) in [5.74, 6) is -0.853. The van der Waals surface area contributed by atoms with Gasteiger partial charge in [-0.2, -0.15) is 0 Å². The maximum atomic E-state index is 11.5. The number of sulfonamides is 1. The fourth-order valence-electron chi connectivity index (χ4n) is 0.898. The quantitative estimate of drug-likeness (QED) is 0.638. The van der Waals surface area contributed by atoms with E-state index in [1.165, 1.54) is 14.0 Å². The molecule has 0 aromatic rings. The Bertz CT molecular complexity index is 384. The first-order valence-corrected chi connectivity index (χ1v) is 8.01. The molecule has 0 radical (unpaired) electrons. The third kappa shape index (κ3) is 6.82. The summed E-state index contributed by atoms with van der Waals surface area (Å²) in [4.78, 5) is 0. The zero-order valence-electron chi connectivity index (χ0n) is 9.04. The molecule has 0 heterocycles. The van der Waals surface area contributed by atoms with Crippen LogP contribution in [-0.2, 0) is 19.9 Å². The lowest BCUT2D eigenvalue weighted by atomic mass is 10.4. The summed E-state index contributed by atoms with van der Waals surface area (Å²) < 4.78 is 45.5. The van der Waals surface area contributed by atoms with Crippen LogP contribution in [0.2, 0.25) is 0 Å². The summed E-state index contributed by atoms with van der Waals surface area (Å²) in [5.41, 5.74) is 0. The van der Waals surface area contributed by atoms with Crippen molar-refractivity contribution in [2.75, 3.05) is 31.4 Å². The molecule has 0 spiro atoms. The van der Waals surface area contributed by atoms with E-state index < -0.39 is 37.5 Å². The molecule has 15 heavy (non-hydrogen) atoms. The van der Waals surface area contributed by atoms with Gasteiger partial charge in [0, 0.05) is 19.8 Å². The second kappa shape index (κ2) is 5.24. The molecule has 0 aliphatic heterocycles. The minimum absolute atomic E-state index is 0.0356. The van der Waals surface area contributed by atoms with Crippen molar-refractivity contribution in [3.8, 4) is 0 Å². The van der Waals surface area contributed by atoms with E-state index in [9.17, 15) is 16.8 Å². The Morgan fingerprint density at radius 3 is 2.00 bits per heavy atom. The van der Waals surface area contributed by atoms with Gasteiger partial charge in [0.1, 0.15) is 9.84 Å². The van der Waals surface area contributed by atoms with Gasteiger partial charge in [0.15, 0.2) is 0 Å². The van der Waals surface area contributed by atoms with Gasteiger partial charge in [0.05, 0.1) is 17.6 Å². The van der Waals surface area contributed by atoms with Gasteiger partial charge >= 0.3 is 0 Å². The Morgan fingerprint density at radius 1 is 1.20 bits per heavy atom. The maximum Gasteiger partial charge on any atom is 0.214 e. The lowest BCUT2D eigenvalue weighted by Crippen LogP contribution is -2.36. The molecule has 92 valence electrons. The highest BCUT2D eigenvalue weighted by molar-refractivity contribution is 7.93. The van der Waals surface area contributed by atoms with Gasteiger partial charge in [-0.3, -0.25) is 0 Å². The Labute approximate surface area is 90.9 Å². The van der Waals surface area contributed by atoms with Gasteiger partial charge < -0.3 is 5.11 Å². The molecule has 6 nitrogen and oxygen atoms in total. The number of nitrogens with zero attached hydrogens (tertiary/aromatic N) is 1. The lowest BCUT2D eigenvalue weighted by Gasteiger charge is -2.18. The van der Waals surface area contributed by atoms with Crippen molar-refractivity contribution in [2.45, 2.75) is 13.0 Å². The van der Waals surface area contributed by atoms with E-state index in [1.807, 2.05) is 0 Å². The minimum Gasteiger partial charge on any atom is -0.392 e. The SMILES string of the molecule is CC(O)CN(C)S(=O)(=O)CCS(C)(=O)=O. The zero-order valence-corrected chi connectivity index (χ0v) is 10.7. The molecule has 0 saturated carbocycles.